The molecular formula is C20H27N3O2S. The molecule has 0 aliphatic rings. The van der Waals surface area contributed by atoms with E-state index in [4.69, 9.17) is 0 Å². The van der Waals surface area contributed by atoms with Gasteiger partial charge in [-0.15, -0.1) is 11.3 Å². The van der Waals surface area contributed by atoms with E-state index in [1.807, 2.05) is 57.6 Å². The highest BCUT2D eigenvalue weighted by Gasteiger charge is 2.26. The van der Waals surface area contributed by atoms with Gasteiger partial charge in [-0.05, 0) is 37.0 Å². The van der Waals surface area contributed by atoms with Crippen molar-refractivity contribution in [1.82, 2.24) is 15.5 Å². The van der Waals surface area contributed by atoms with Gasteiger partial charge in [-0.3, -0.25) is 9.59 Å². The lowest BCUT2D eigenvalue weighted by Crippen LogP contribution is -2.50. The van der Waals surface area contributed by atoms with Crippen LogP contribution in [0.4, 0.5) is 0 Å². The van der Waals surface area contributed by atoms with Crippen molar-refractivity contribution in [2.24, 2.45) is 5.92 Å². The summed E-state index contributed by atoms with van der Waals surface area (Å²) in [5.41, 5.74) is 1.14. The molecule has 0 aliphatic carbocycles. The normalized spacial score (nSPS) is 13.5. The van der Waals surface area contributed by atoms with E-state index in [9.17, 15) is 9.59 Å². The number of hydrogen-bond acceptors (Lipinski definition) is 4. The second kappa shape index (κ2) is 9.50. The van der Waals surface area contributed by atoms with E-state index in [0.29, 0.717) is 11.4 Å². The second-order valence-corrected chi connectivity index (χ2v) is 7.76. The third kappa shape index (κ3) is 5.41. The Morgan fingerprint density at radius 2 is 1.77 bits per heavy atom. The van der Waals surface area contributed by atoms with Crippen molar-refractivity contribution in [3.8, 4) is 0 Å². The van der Waals surface area contributed by atoms with Crippen molar-refractivity contribution < 1.29 is 9.59 Å². The first-order chi connectivity index (χ1) is 12.4. The quantitative estimate of drug-likeness (QED) is 0.748. The standard InChI is InChI=1S/C20H27N3O2S/c1-14(2)18(22-19(24)17-11-8-12-26-17)20(25)21-13-16(23(3)4)15-9-6-5-7-10-15/h5-12,14,16,18H,13H2,1-4H3,(H,21,25)(H,22,24)/t16-,18+/m1/s1. The molecule has 2 rings (SSSR count). The topological polar surface area (TPSA) is 61.4 Å². The smallest absolute Gasteiger partial charge is 0.262 e. The highest BCUT2D eigenvalue weighted by Crippen LogP contribution is 2.17. The maximum Gasteiger partial charge on any atom is 0.262 e. The first-order valence-electron chi connectivity index (χ1n) is 8.73. The molecule has 0 radical (unpaired) electrons. The Morgan fingerprint density at radius 3 is 2.31 bits per heavy atom. The van der Waals surface area contributed by atoms with Gasteiger partial charge in [0.25, 0.3) is 5.91 Å². The van der Waals surface area contributed by atoms with Gasteiger partial charge in [0.2, 0.25) is 5.91 Å². The van der Waals surface area contributed by atoms with Crippen LogP contribution in [0, 0.1) is 5.92 Å². The lowest BCUT2D eigenvalue weighted by molar-refractivity contribution is -0.124. The molecular weight excluding hydrogens is 346 g/mol. The number of nitrogens with zero attached hydrogens (tertiary/aromatic N) is 1. The van der Waals surface area contributed by atoms with Crippen LogP contribution in [-0.4, -0.2) is 43.4 Å². The fourth-order valence-corrected chi connectivity index (χ4v) is 3.36. The SMILES string of the molecule is CC(C)[C@H](NC(=O)c1cccs1)C(=O)NC[C@H](c1ccccc1)N(C)C. The molecule has 5 nitrogen and oxygen atoms in total. The predicted molar refractivity (Wildman–Crippen MR) is 106 cm³/mol. The number of nitrogens with one attached hydrogen (secondary N) is 2. The molecule has 0 aliphatic heterocycles. The molecule has 1 aromatic carbocycles. The Bertz CT molecular complexity index is 699. The van der Waals surface area contributed by atoms with E-state index in [1.54, 1.807) is 6.07 Å². The van der Waals surface area contributed by atoms with Crippen molar-refractivity contribution in [1.29, 1.82) is 0 Å². The molecule has 0 bridgehead atoms. The zero-order valence-corrected chi connectivity index (χ0v) is 16.5. The fourth-order valence-electron chi connectivity index (χ4n) is 2.74. The molecule has 2 amide bonds. The summed E-state index contributed by atoms with van der Waals surface area (Å²) in [6, 6.07) is 13.1. The van der Waals surface area contributed by atoms with Crippen LogP contribution in [0.2, 0.25) is 0 Å². The maximum atomic E-state index is 12.7. The summed E-state index contributed by atoms with van der Waals surface area (Å²) < 4.78 is 0. The maximum absolute atomic E-state index is 12.7. The van der Waals surface area contributed by atoms with E-state index in [-0.39, 0.29) is 23.8 Å². The highest BCUT2D eigenvalue weighted by molar-refractivity contribution is 7.12. The summed E-state index contributed by atoms with van der Waals surface area (Å²) in [6.45, 7) is 4.34. The van der Waals surface area contributed by atoms with E-state index in [1.165, 1.54) is 11.3 Å². The van der Waals surface area contributed by atoms with Crippen LogP contribution in [0.15, 0.2) is 47.8 Å². The van der Waals surface area contributed by atoms with Gasteiger partial charge < -0.3 is 15.5 Å². The number of carbonyl (C=O) groups excluding carboxylic acids is 2. The average Bonchev–Trinajstić information content (AvgIpc) is 3.14. The molecule has 26 heavy (non-hydrogen) atoms. The summed E-state index contributed by atoms with van der Waals surface area (Å²) >= 11 is 1.37. The Morgan fingerprint density at radius 1 is 1.08 bits per heavy atom. The van der Waals surface area contributed by atoms with Crippen molar-refractivity contribution in [3.63, 3.8) is 0 Å². The van der Waals surface area contributed by atoms with Crippen LogP contribution in [0.3, 0.4) is 0 Å². The van der Waals surface area contributed by atoms with E-state index >= 15 is 0 Å². The number of carbonyl (C=O) groups is 2. The van der Waals surface area contributed by atoms with Crippen LogP contribution in [0.5, 0.6) is 0 Å². The van der Waals surface area contributed by atoms with Crippen LogP contribution >= 0.6 is 11.3 Å². The zero-order chi connectivity index (χ0) is 19.1. The molecule has 1 aromatic heterocycles. The summed E-state index contributed by atoms with van der Waals surface area (Å²) in [4.78, 5) is 27.7. The molecule has 140 valence electrons. The third-order valence-corrected chi connectivity index (χ3v) is 5.13. The Labute approximate surface area is 159 Å². The largest absolute Gasteiger partial charge is 0.352 e. The van der Waals surface area contributed by atoms with Gasteiger partial charge in [-0.25, -0.2) is 0 Å². The minimum Gasteiger partial charge on any atom is -0.352 e. The summed E-state index contributed by atoms with van der Waals surface area (Å²) in [6.07, 6.45) is 0. The summed E-state index contributed by atoms with van der Waals surface area (Å²) in [5.74, 6) is -0.373. The molecule has 2 atom stereocenters. The van der Waals surface area contributed by atoms with Crippen molar-refractivity contribution in [2.45, 2.75) is 25.9 Å². The van der Waals surface area contributed by atoms with Crippen LogP contribution < -0.4 is 10.6 Å². The van der Waals surface area contributed by atoms with Gasteiger partial charge in [-0.1, -0.05) is 50.2 Å². The van der Waals surface area contributed by atoms with E-state index in [0.717, 1.165) is 5.56 Å². The van der Waals surface area contributed by atoms with Crippen molar-refractivity contribution in [2.75, 3.05) is 20.6 Å². The third-order valence-electron chi connectivity index (χ3n) is 4.26. The Kier molecular flexibility index (Phi) is 7.36. The second-order valence-electron chi connectivity index (χ2n) is 6.81. The van der Waals surface area contributed by atoms with Crippen LogP contribution in [0.25, 0.3) is 0 Å². The first kappa shape index (κ1) is 20.1. The molecule has 0 fully saturated rings. The van der Waals surface area contributed by atoms with Gasteiger partial charge in [0.15, 0.2) is 0 Å². The van der Waals surface area contributed by atoms with Gasteiger partial charge in [0, 0.05) is 6.54 Å². The number of likely N-dealkylation sites (N-methyl/N-ethyl adjacent to an activating group) is 1. The minimum atomic E-state index is -0.566. The summed E-state index contributed by atoms with van der Waals surface area (Å²) in [7, 11) is 3.98. The summed E-state index contributed by atoms with van der Waals surface area (Å²) in [5, 5.41) is 7.71. The fraction of sp³-hybridized carbons (Fsp3) is 0.400. The predicted octanol–water partition coefficient (Wildman–Crippen LogP) is 2.92. The molecule has 2 N–H and O–H groups in total. The monoisotopic (exact) mass is 373 g/mol. The highest BCUT2D eigenvalue weighted by atomic mass is 32.1. The average molecular weight is 374 g/mol. The van der Waals surface area contributed by atoms with Crippen molar-refractivity contribution >= 4 is 23.2 Å². The first-order valence-corrected chi connectivity index (χ1v) is 9.61. The number of benzene rings is 1. The van der Waals surface area contributed by atoms with E-state index in [2.05, 4.69) is 27.7 Å². The number of amides is 2. The molecule has 0 saturated carbocycles. The lowest BCUT2D eigenvalue weighted by atomic mass is 10.0. The molecule has 6 heteroatoms. The number of hydrogen-bond donors (Lipinski definition) is 2. The molecule has 0 saturated heterocycles. The van der Waals surface area contributed by atoms with E-state index < -0.39 is 6.04 Å². The number of rotatable bonds is 8. The van der Waals surface area contributed by atoms with Crippen LogP contribution in [-0.2, 0) is 4.79 Å². The molecule has 0 spiro atoms. The van der Waals surface area contributed by atoms with Crippen LogP contribution in [0.1, 0.15) is 35.1 Å². The number of thiophene rings is 1. The Hall–Kier alpha value is -2.18. The minimum absolute atomic E-state index is 0.00607. The lowest BCUT2D eigenvalue weighted by Gasteiger charge is -2.27. The molecule has 2 aromatic rings. The van der Waals surface area contributed by atoms with Gasteiger partial charge in [0.05, 0.1) is 10.9 Å². The van der Waals surface area contributed by atoms with Crippen molar-refractivity contribution in [3.05, 3.63) is 58.3 Å². The molecule has 0 unspecified atom stereocenters. The zero-order valence-electron chi connectivity index (χ0n) is 15.7. The van der Waals surface area contributed by atoms with Gasteiger partial charge in [-0.2, -0.15) is 0 Å². The molecule has 1 heterocycles. The van der Waals surface area contributed by atoms with Gasteiger partial charge in [0.1, 0.15) is 6.04 Å². The van der Waals surface area contributed by atoms with Gasteiger partial charge >= 0.3 is 0 Å². The Balaban J connectivity index is 2.01.